The van der Waals surface area contributed by atoms with E-state index in [9.17, 15) is 19.2 Å². The van der Waals surface area contributed by atoms with Crippen LogP contribution in [0.3, 0.4) is 0 Å². The number of ketones is 1. The summed E-state index contributed by atoms with van der Waals surface area (Å²) in [6.07, 6.45) is 12.0. The zero-order valence-electron chi connectivity index (χ0n) is 23.0. The third-order valence-electron chi connectivity index (χ3n) is 5.30. The highest BCUT2D eigenvalue weighted by atomic mass is 16.5. The van der Waals surface area contributed by atoms with Crippen molar-refractivity contribution in [3.05, 3.63) is 24.8 Å². The fourth-order valence-corrected chi connectivity index (χ4v) is 3.48. The second-order valence-corrected chi connectivity index (χ2v) is 8.64. The number of rotatable bonds is 21. The summed E-state index contributed by atoms with van der Waals surface area (Å²) in [5.74, 6) is -1.74. The number of nitrogens with one attached hydrogen (secondary N) is 3. The Kier molecular flexibility index (Phi) is 25.8. The molecule has 1 aliphatic heterocycles. The van der Waals surface area contributed by atoms with Crippen LogP contribution in [0.15, 0.2) is 24.8 Å². The fourth-order valence-electron chi connectivity index (χ4n) is 3.48. The number of carbonyl (C=O) groups is 4. The molecule has 0 radical (unpaired) electrons. The van der Waals surface area contributed by atoms with E-state index >= 15 is 0 Å². The standard InChI is InChI=1S/C24H40N4O6.C3H8.CH4.3H2/c1-3-13-26-24(32)22(30)20(11-8-6-5-7-9-16-33-4-2)27-23(31)21-12-10-15-28(21)19-34-17-14-25-18-29;1-3-2;;;;/h3,10,12,18,20-21H,1,4-9,11,13-17,19H2,2H3,(H,25,29)(H,26,32)(H,27,31);3H2,1-2H3;1H4;3*1H/t20-,21?;;;;;/m0...../s1. The van der Waals surface area contributed by atoms with Gasteiger partial charge in [0, 0.05) is 37.1 Å². The van der Waals surface area contributed by atoms with Crippen LogP contribution >= 0.6 is 0 Å². The maximum absolute atomic E-state index is 12.9. The molecule has 3 N–H and O–H groups in total. The molecule has 3 amide bonds. The highest BCUT2D eigenvalue weighted by Crippen LogP contribution is 2.13. The van der Waals surface area contributed by atoms with Gasteiger partial charge in [-0.1, -0.05) is 71.6 Å². The van der Waals surface area contributed by atoms with Gasteiger partial charge in [0.15, 0.2) is 0 Å². The van der Waals surface area contributed by atoms with Gasteiger partial charge in [-0.25, -0.2) is 0 Å². The summed E-state index contributed by atoms with van der Waals surface area (Å²) in [7, 11) is 0. The van der Waals surface area contributed by atoms with Crippen molar-refractivity contribution in [2.24, 2.45) is 0 Å². The highest BCUT2D eigenvalue weighted by molar-refractivity contribution is 6.38. The van der Waals surface area contributed by atoms with E-state index in [1.54, 1.807) is 11.0 Å². The van der Waals surface area contributed by atoms with Crippen LogP contribution in [-0.2, 0) is 28.7 Å². The van der Waals surface area contributed by atoms with Crippen LogP contribution in [0.5, 0.6) is 0 Å². The molecular weight excluding hydrogens is 488 g/mol. The maximum Gasteiger partial charge on any atom is 0.289 e. The van der Waals surface area contributed by atoms with Gasteiger partial charge in [-0.2, -0.15) is 0 Å². The van der Waals surface area contributed by atoms with Crippen LogP contribution in [-0.4, -0.2) is 87.2 Å². The van der Waals surface area contributed by atoms with Gasteiger partial charge in [0.05, 0.1) is 12.6 Å². The molecule has 1 unspecified atom stereocenters. The number of amides is 3. The van der Waals surface area contributed by atoms with E-state index < -0.39 is 23.8 Å². The predicted octanol–water partition coefficient (Wildman–Crippen LogP) is 3.47. The Labute approximate surface area is 234 Å². The monoisotopic (exact) mass is 546 g/mol. The van der Waals surface area contributed by atoms with Crippen LogP contribution in [0.1, 0.15) is 77.4 Å². The van der Waals surface area contributed by atoms with Gasteiger partial charge >= 0.3 is 0 Å². The topological polar surface area (TPSA) is 126 Å². The van der Waals surface area contributed by atoms with Crippen LogP contribution in [0.2, 0.25) is 0 Å². The molecule has 1 heterocycles. The summed E-state index contributed by atoms with van der Waals surface area (Å²) in [6, 6.07) is -1.49. The Morgan fingerprint density at radius 2 is 1.79 bits per heavy atom. The minimum Gasteiger partial charge on any atom is -0.382 e. The average Bonchev–Trinajstić information content (AvgIpc) is 3.36. The molecule has 0 aromatic heterocycles. The molecule has 226 valence electrons. The minimum absolute atomic E-state index is 0. The van der Waals surface area contributed by atoms with Gasteiger partial charge in [-0.15, -0.1) is 6.58 Å². The van der Waals surface area contributed by atoms with Gasteiger partial charge in [0.2, 0.25) is 18.1 Å². The largest absolute Gasteiger partial charge is 0.382 e. The zero-order chi connectivity index (χ0) is 27.7. The molecule has 0 aromatic rings. The van der Waals surface area contributed by atoms with Gasteiger partial charge in [-0.3, -0.25) is 24.1 Å². The third kappa shape index (κ3) is 17.8. The van der Waals surface area contributed by atoms with Crippen molar-refractivity contribution in [1.82, 2.24) is 20.9 Å². The lowest BCUT2D eigenvalue weighted by atomic mass is 10.0. The van der Waals surface area contributed by atoms with E-state index in [1.807, 2.05) is 13.0 Å². The van der Waals surface area contributed by atoms with Crippen LogP contribution in [0.25, 0.3) is 0 Å². The lowest BCUT2D eigenvalue weighted by Crippen LogP contribution is -2.52. The lowest BCUT2D eigenvalue weighted by Gasteiger charge is -2.25. The molecule has 0 bridgehead atoms. The molecule has 0 aromatic carbocycles. The summed E-state index contributed by atoms with van der Waals surface area (Å²) >= 11 is 0. The summed E-state index contributed by atoms with van der Waals surface area (Å²) in [5, 5.41) is 7.77. The summed E-state index contributed by atoms with van der Waals surface area (Å²) < 4.78 is 10.8. The normalized spacial score (nSPS) is 14.9. The summed E-state index contributed by atoms with van der Waals surface area (Å²) in [5.41, 5.74) is 0. The van der Waals surface area contributed by atoms with E-state index in [2.05, 4.69) is 36.4 Å². The maximum atomic E-state index is 12.9. The summed E-state index contributed by atoms with van der Waals surface area (Å²) in [4.78, 5) is 50.0. The van der Waals surface area contributed by atoms with Gasteiger partial charge < -0.3 is 25.4 Å². The molecular formula is C28H58N4O6. The Balaban J connectivity index is -0.000000589. The minimum atomic E-state index is -0.894. The Bertz CT molecular complexity index is 702. The first-order valence-electron chi connectivity index (χ1n) is 13.4. The van der Waals surface area contributed by atoms with E-state index in [4.69, 9.17) is 9.47 Å². The molecule has 0 fully saturated rings. The zero-order valence-corrected chi connectivity index (χ0v) is 23.0. The van der Waals surface area contributed by atoms with Crippen molar-refractivity contribution in [3.63, 3.8) is 0 Å². The van der Waals surface area contributed by atoms with Gasteiger partial charge in [0.25, 0.3) is 5.91 Å². The van der Waals surface area contributed by atoms with Gasteiger partial charge in [0.1, 0.15) is 12.8 Å². The molecule has 0 saturated carbocycles. The Morgan fingerprint density at radius 1 is 1.11 bits per heavy atom. The molecule has 1 aliphatic rings. The third-order valence-corrected chi connectivity index (χ3v) is 5.30. The number of hydrogen-bond acceptors (Lipinski definition) is 7. The first-order valence-corrected chi connectivity index (χ1v) is 13.4. The van der Waals surface area contributed by atoms with E-state index in [0.717, 1.165) is 38.7 Å². The Hall–Kier alpha value is -2.56. The van der Waals surface area contributed by atoms with Crippen molar-refractivity contribution in [3.8, 4) is 0 Å². The molecule has 0 spiro atoms. The molecule has 38 heavy (non-hydrogen) atoms. The predicted molar refractivity (Wildman–Crippen MR) is 158 cm³/mol. The molecule has 0 aliphatic carbocycles. The molecule has 0 saturated heterocycles. The number of carbonyl (C=O) groups excluding carboxylic acids is 4. The fraction of sp³-hybridized carbons (Fsp3) is 0.714. The van der Waals surface area contributed by atoms with Crippen LogP contribution in [0, 0.1) is 0 Å². The number of Topliss-reactive ketones (excluding diaryl/α,β-unsaturated/α-hetero) is 1. The average molecular weight is 547 g/mol. The lowest BCUT2D eigenvalue weighted by molar-refractivity contribution is -0.140. The quantitative estimate of drug-likeness (QED) is 0.0871. The molecule has 2 atom stereocenters. The molecule has 10 nitrogen and oxygen atoms in total. The van der Waals surface area contributed by atoms with Crippen molar-refractivity contribution < 1.29 is 32.9 Å². The number of unbranched alkanes of at least 4 members (excludes halogenated alkanes) is 4. The van der Waals surface area contributed by atoms with Crippen molar-refractivity contribution in [1.29, 1.82) is 0 Å². The van der Waals surface area contributed by atoms with Crippen LogP contribution < -0.4 is 16.0 Å². The molecule has 1 rings (SSSR count). The van der Waals surface area contributed by atoms with Crippen molar-refractivity contribution >= 4 is 24.0 Å². The first-order chi connectivity index (χ1) is 18.0. The number of hydrogen-bond donors (Lipinski definition) is 3. The van der Waals surface area contributed by atoms with E-state index in [-0.39, 0.29) is 30.9 Å². The SMILES string of the molecule is C.C=CCNC(=O)C(=O)[C@H](CCCCCCCOCC)NC(=O)C1C=CCN1COCCNC=O.CCC.[HH].[HH].[HH]. The highest BCUT2D eigenvalue weighted by Gasteiger charge is 2.32. The first kappa shape index (κ1) is 37.6. The smallest absolute Gasteiger partial charge is 0.289 e. The van der Waals surface area contributed by atoms with Crippen molar-refractivity contribution in [2.45, 2.75) is 85.2 Å². The Morgan fingerprint density at radius 3 is 2.45 bits per heavy atom. The second-order valence-electron chi connectivity index (χ2n) is 8.64. The van der Waals surface area contributed by atoms with Crippen molar-refractivity contribution in [2.75, 3.05) is 46.2 Å². The van der Waals surface area contributed by atoms with E-state index in [0.29, 0.717) is 39.1 Å². The molecule has 10 heteroatoms. The number of nitrogens with zero attached hydrogens (tertiary/aromatic N) is 1. The van der Waals surface area contributed by atoms with E-state index in [1.165, 1.54) is 12.5 Å². The van der Waals surface area contributed by atoms with Crippen LogP contribution in [0.4, 0.5) is 0 Å². The summed E-state index contributed by atoms with van der Waals surface area (Å²) in [6.45, 7) is 12.8. The van der Waals surface area contributed by atoms with Gasteiger partial charge in [-0.05, 0) is 19.8 Å². The second kappa shape index (κ2) is 26.1. The number of ether oxygens (including phenoxy) is 2.